The van der Waals surface area contributed by atoms with Crippen molar-refractivity contribution in [1.82, 2.24) is 19.9 Å². The van der Waals surface area contributed by atoms with Crippen molar-refractivity contribution in [3.63, 3.8) is 0 Å². The number of hydrogen-bond acceptors (Lipinski definition) is 6. The van der Waals surface area contributed by atoms with Crippen LogP contribution in [0.4, 0.5) is 0 Å². The molecule has 2 aromatic rings. The number of carbonyl (C=O) groups is 2. The molecule has 0 radical (unpaired) electrons. The van der Waals surface area contributed by atoms with Crippen LogP contribution in [0, 0.1) is 6.92 Å². The maximum Gasteiger partial charge on any atom is 0.289 e. The maximum absolute atomic E-state index is 12.6. The van der Waals surface area contributed by atoms with E-state index in [0.717, 1.165) is 0 Å². The highest BCUT2D eigenvalue weighted by molar-refractivity contribution is 5.91. The highest BCUT2D eigenvalue weighted by atomic mass is 16.5. The summed E-state index contributed by atoms with van der Waals surface area (Å²) in [6.07, 6.45) is 2.54. The van der Waals surface area contributed by atoms with Crippen LogP contribution in [0.2, 0.25) is 0 Å². The first-order chi connectivity index (χ1) is 11.6. The Kier molecular flexibility index (Phi) is 4.64. The van der Waals surface area contributed by atoms with E-state index in [2.05, 4.69) is 10.1 Å². The van der Waals surface area contributed by atoms with Crippen molar-refractivity contribution in [3.8, 4) is 0 Å². The van der Waals surface area contributed by atoms with Crippen LogP contribution in [0.25, 0.3) is 0 Å². The third-order valence-electron chi connectivity index (χ3n) is 4.07. The van der Waals surface area contributed by atoms with Crippen molar-refractivity contribution in [1.29, 1.82) is 0 Å². The Morgan fingerprint density at radius 1 is 1.38 bits per heavy atom. The van der Waals surface area contributed by atoms with E-state index in [1.54, 1.807) is 28.9 Å². The fourth-order valence-electron chi connectivity index (χ4n) is 2.89. The lowest BCUT2D eigenvalue weighted by molar-refractivity contribution is -0.133. The van der Waals surface area contributed by atoms with Gasteiger partial charge in [0, 0.05) is 19.5 Å². The SMILES string of the molecule is CCC(=O)N1CCCN(C(=O)c2ccco2)CC1c1nc(C)no1. The molecular weight excluding hydrogens is 312 g/mol. The molecule has 0 aliphatic carbocycles. The largest absolute Gasteiger partial charge is 0.459 e. The number of amides is 2. The van der Waals surface area contributed by atoms with Gasteiger partial charge in [-0.05, 0) is 25.5 Å². The quantitative estimate of drug-likeness (QED) is 0.851. The first-order valence-electron chi connectivity index (χ1n) is 8.02. The normalized spacial score (nSPS) is 18.5. The minimum atomic E-state index is -0.444. The van der Waals surface area contributed by atoms with Crippen LogP contribution in [0.15, 0.2) is 27.3 Å². The lowest BCUT2D eigenvalue weighted by Gasteiger charge is -2.28. The van der Waals surface area contributed by atoms with Crippen LogP contribution >= 0.6 is 0 Å². The summed E-state index contributed by atoms with van der Waals surface area (Å²) in [5.41, 5.74) is 0. The van der Waals surface area contributed by atoms with Crippen LogP contribution in [-0.2, 0) is 4.79 Å². The summed E-state index contributed by atoms with van der Waals surface area (Å²) >= 11 is 0. The Bertz CT molecular complexity index is 709. The summed E-state index contributed by atoms with van der Waals surface area (Å²) in [4.78, 5) is 32.6. The summed E-state index contributed by atoms with van der Waals surface area (Å²) < 4.78 is 10.5. The van der Waals surface area contributed by atoms with E-state index in [4.69, 9.17) is 8.94 Å². The van der Waals surface area contributed by atoms with E-state index in [0.29, 0.717) is 44.2 Å². The molecule has 8 nitrogen and oxygen atoms in total. The Morgan fingerprint density at radius 2 is 2.21 bits per heavy atom. The average molecular weight is 332 g/mol. The van der Waals surface area contributed by atoms with Crippen molar-refractivity contribution in [2.24, 2.45) is 0 Å². The van der Waals surface area contributed by atoms with Crippen LogP contribution < -0.4 is 0 Å². The lowest BCUT2D eigenvalue weighted by atomic mass is 10.2. The van der Waals surface area contributed by atoms with Gasteiger partial charge in [0.15, 0.2) is 11.6 Å². The third-order valence-corrected chi connectivity index (χ3v) is 4.07. The van der Waals surface area contributed by atoms with Crippen molar-refractivity contribution in [2.45, 2.75) is 32.7 Å². The summed E-state index contributed by atoms with van der Waals surface area (Å²) in [7, 11) is 0. The van der Waals surface area contributed by atoms with E-state index in [9.17, 15) is 9.59 Å². The molecule has 1 saturated heterocycles. The summed E-state index contributed by atoms with van der Waals surface area (Å²) in [5.74, 6) is 0.941. The second-order valence-corrected chi connectivity index (χ2v) is 5.72. The second-order valence-electron chi connectivity index (χ2n) is 5.72. The van der Waals surface area contributed by atoms with Crippen molar-refractivity contribution >= 4 is 11.8 Å². The number of aryl methyl sites for hydroxylation is 1. The zero-order chi connectivity index (χ0) is 17.1. The molecule has 1 unspecified atom stereocenters. The fourth-order valence-corrected chi connectivity index (χ4v) is 2.89. The van der Waals surface area contributed by atoms with Crippen LogP contribution in [0.1, 0.15) is 48.1 Å². The molecule has 0 bridgehead atoms. The first kappa shape index (κ1) is 16.2. The van der Waals surface area contributed by atoms with E-state index in [-0.39, 0.29) is 17.6 Å². The van der Waals surface area contributed by atoms with Gasteiger partial charge in [-0.15, -0.1) is 0 Å². The number of hydrogen-bond donors (Lipinski definition) is 0. The molecule has 0 N–H and O–H groups in total. The van der Waals surface area contributed by atoms with Crippen molar-refractivity contribution < 1.29 is 18.5 Å². The summed E-state index contributed by atoms with van der Waals surface area (Å²) in [5, 5.41) is 3.82. The zero-order valence-corrected chi connectivity index (χ0v) is 13.8. The van der Waals surface area contributed by atoms with Gasteiger partial charge in [0.1, 0.15) is 6.04 Å². The molecule has 2 amide bonds. The van der Waals surface area contributed by atoms with Gasteiger partial charge < -0.3 is 18.7 Å². The number of furan rings is 1. The molecule has 128 valence electrons. The fraction of sp³-hybridized carbons (Fsp3) is 0.500. The molecule has 1 aliphatic rings. The minimum absolute atomic E-state index is 0.00292. The molecule has 3 rings (SSSR count). The molecule has 1 atom stereocenters. The van der Waals surface area contributed by atoms with Crippen molar-refractivity contribution in [2.75, 3.05) is 19.6 Å². The van der Waals surface area contributed by atoms with Gasteiger partial charge in [-0.25, -0.2) is 0 Å². The predicted molar refractivity (Wildman–Crippen MR) is 83.0 cm³/mol. The predicted octanol–water partition coefficient (Wildman–Crippen LogP) is 1.80. The van der Waals surface area contributed by atoms with Crippen molar-refractivity contribution in [3.05, 3.63) is 35.9 Å². The molecule has 0 spiro atoms. The monoisotopic (exact) mass is 332 g/mol. The zero-order valence-electron chi connectivity index (χ0n) is 13.8. The Balaban J connectivity index is 1.88. The van der Waals surface area contributed by atoms with Gasteiger partial charge in [0.2, 0.25) is 5.91 Å². The Morgan fingerprint density at radius 3 is 2.83 bits per heavy atom. The van der Waals surface area contributed by atoms with E-state index >= 15 is 0 Å². The van der Waals surface area contributed by atoms with E-state index < -0.39 is 6.04 Å². The molecule has 2 aromatic heterocycles. The maximum atomic E-state index is 12.6. The van der Waals surface area contributed by atoms with Gasteiger partial charge in [0.05, 0.1) is 12.8 Å². The molecular formula is C16H20N4O4. The molecule has 8 heteroatoms. The molecule has 0 saturated carbocycles. The summed E-state index contributed by atoms with van der Waals surface area (Å²) in [6, 6.07) is 2.87. The lowest BCUT2D eigenvalue weighted by Crippen LogP contribution is -2.40. The molecule has 1 fully saturated rings. The Hall–Kier alpha value is -2.64. The average Bonchev–Trinajstić information content (AvgIpc) is 3.21. The van der Waals surface area contributed by atoms with Gasteiger partial charge in [-0.2, -0.15) is 4.98 Å². The summed E-state index contributed by atoms with van der Waals surface area (Å²) in [6.45, 7) is 4.92. The highest BCUT2D eigenvalue weighted by Crippen LogP contribution is 2.25. The van der Waals surface area contributed by atoms with E-state index in [1.807, 2.05) is 6.92 Å². The van der Waals surface area contributed by atoms with Gasteiger partial charge >= 0.3 is 0 Å². The minimum Gasteiger partial charge on any atom is -0.459 e. The van der Waals surface area contributed by atoms with Gasteiger partial charge in [-0.1, -0.05) is 12.1 Å². The second kappa shape index (κ2) is 6.86. The van der Waals surface area contributed by atoms with Crippen LogP contribution in [-0.4, -0.2) is 51.4 Å². The number of carbonyl (C=O) groups excluding carboxylic acids is 2. The smallest absolute Gasteiger partial charge is 0.289 e. The third kappa shape index (κ3) is 3.17. The number of rotatable bonds is 3. The van der Waals surface area contributed by atoms with Gasteiger partial charge in [0.25, 0.3) is 11.8 Å². The van der Waals surface area contributed by atoms with Gasteiger partial charge in [-0.3, -0.25) is 9.59 Å². The first-order valence-corrected chi connectivity index (χ1v) is 8.02. The Labute approximate surface area is 139 Å². The molecule has 1 aliphatic heterocycles. The molecule has 24 heavy (non-hydrogen) atoms. The topological polar surface area (TPSA) is 92.7 Å². The standard InChI is InChI=1S/C16H20N4O4/c1-3-14(21)20-8-5-7-19(16(22)13-6-4-9-23-13)10-12(20)15-17-11(2)18-24-15/h4,6,9,12H,3,5,7-8,10H2,1-2H3. The van der Waals surface area contributed by atoms with E-state index in [1.165, 1.54) is 6.26 Å². The number of aromatic nitrogens is 2. The van der Waals surface area contributed by atoms with Crippen LogP contribution in [0.5, 0.6) is 0 Å². The van der Waals surface area contributed by atoms with Crippen LogP contribution in [0.3, 0.4) is 0 Å². The molecule has 3 heterocycles. The number of nitrogens with zero attached hydrogens (tertiary/aromatic N) is 4. The highest BCUT2D eigenvalue weighted by Gasteiger charge is 2.35. The molecule has 0 aromatic carbocycles.